The molecule has 1 aromatic rings. The van der Waals surface area contributed by atoms with Crippen LogP contribution in [0.2, 0.25) is 0 Å². The van der Waals surface area contributed by atoms with Crippen LogP contribution >= 0.6 is 0 Å². The Labute approximate surface area is 121 Å². The van der Waals surface area contributed by atoms with Crippen LogP contribution < -0.4 is 9.47 Å². The predicted molar refractivity (Wildman–Crippen MR) is 79.4 cm³/mol. The smallest absolute Gasteiger partial charge is 0.124 e. The lowest BCUT2D eigenvalue weighted by atomic mass is 9.95. The van der Waals surface area contributed by atoms with Crippen molar-refractivity contribution in [1.82, 2.24) is 4.90 Å². The SMILES string of the molecule is CCCN(CCC)C1c2cc(OC)ccc2OCC1O. The number of aliphatic hydroxyl groups excluding tert-OH is 1. The van der Waals surface area contributed by atoms with Crippen molar-refractivity contribution in [3.63, 3.8) is 0 Å². The van der Waals surface area contributed by atoms with Gasteiger partial charge in [0.15, 0.2) is 0 Å². The van der Waals surface area contributed by atoms with Crippen LogP contribution in [0.3, 0.4) is 0 Å². The number of benzene rings is 1. The summed E-state index contributed by atoms with van der Waals surface area (Å²) in [6.07, 6.45) is 1.65. The lowest BCUT2D eigenvalue weighted by Crippen LogP contribution is -2.42. The molecule has 1 aliphatic rings. The van der Waals surface area contributed by atoms with Crippen molar-refractivity contribution >= 4 is 0 Å². The first-order valence-electron chi connectivity index (χ1n) is 7.44. The molecule has 0 fully saturated rings. The number of methoxy groups -OCH3 is 1. The molecule has 1 aliphatic heterocycles. The van der Waals surface area contributed by atoms with E-state index in [0.717, 1.165) is 43.0 Å². The van der Waals surface area contributed by atoms with Crippen molar-refractivity contribution in [2.24, 2.45) is 0 Å². The van der Waals surface area contributed by atoms with E-state index in [1.165, 1.54) is 0 Å². The Bertz CT molecular complexity index is 430. The minimum atomic E-state index is -0.493. The highest BCUT2D eigenvalue weighted by Gasteiger charge is 2.33. The van der Waals surface area contributed by atoms with E-state index in [0.29, 0.717) is 6.61 Å². The molecule has 0 spiro atoms. The van der Waals surface area contributed by atoms with Crippen molar-refractivity contribution in [3.05, 3.63) is 23.8 Å². The Balaban J connectivity index is 2.36. The second-order valence-corrected chi connectivity index (χ2v) is 5.26. The topological polar surface area (TPSA) is 41.9 Å². The monoisotopic (exact) mass is 279 g/mol. The normalized spacial score (nSPS) is 21.4. The Kier molecular flexibility index (Phi) is 5.26. The van der Waals surface area contributed by atoms with Gasteiger partial charge in [-0.1, -0.05) is 13.8 Å². The van der Waals surface area contributed by atoms with Gasteiger partial charge in [-0.15, -0.1) is 0 Å². The van der Waals surface area contributed by atoms with E-state index in [9.17, 15) is 5.11 Å². The molecule has 0 saturated carbocycles. The second-order valence-electron chi connectivity index (χ2n) is 5.26. The summed E-state index contributed by atoms with van der Waals surface area (Å²) in [7, 11) is 1.66. The number of fused-ring (bicyclic) bond motifs is 1. The summed E-state index contributed by atoms with van der Waals surface area (Å²) in [4.78, 5) is 2.35. The van der Waals surface area contributed by atoms with Gasteiger partial charge >= 0.3 is 0 Å². The van der Waals surface area contributed by atoms with E-state index in [1.807, 2.05) is 18.2 Å². The molecule has 0 radical (unpaired) electrons. The molecule has 4 heteroatoms. The van der Waals surface area contributed by atoms with Gasteiger partial charge in [0.2, 0.25) is 0 Å². The fourth-order valence-electron chi connectivity index (χ4n) is 2.89. The molecule has 0 aliphatic carbocycles. The highest BCUT2D eigenvalue weighted by Crippen LogP contribution is 2.38. The summed E-state index contributed by atoms with van der Waals surface area (Å²) in [6, 6.07) is 5.82. The maximum absolute atomic E-state index is 10.4. The van der Waals surface area contributed by atoms with E-state index in [2.05, 4.69) is 18.7 Å². The van der Waals surface area contributed by atoms with Crippen LogP contribution in [-0.2, 0) is 0 Å². The van der Waals surface area contributed by atoms with Gasteiger partial charge in [-0.25, -0.2) is 0 Å². The van der Waals surface area contributed by atoms with E-state index >= 15 is 0 Å². The fourth-order valence-corrected chi connectivity index (χ4v) is 2.89. The summed E-state index contributed by atoms with van der Waals surface area (Å²) in [6.45, 7) is 6.65. The number of hydrogen-bond acceptors (Lipinski definition) is 4. The van der Waals surface area contributed by atoms with Gasteiger partial charge < -0.3 is 14.6 Å². The zero-order valence-corrected chi connectivity index (χ0v) is 12.6. The van der Waals surface area contributed by atoms with Crippen molar-refractivity contribution < 1.29 is 14.6 Å². The second kappa shape index (κ2) is 6.95. The highest BCUT2D eigenvalue weighted by molar-refractivity contribution is 5.44. The van der Waals surface area contributed by atoms with Crippen LogP contribution in [0.1, 0.15) is 38.3 Å². The van der Waals surface area contributed by atoms with E-state index in [-0.39, 0.29) is 6.04 Å². The van der Waals surface area contributed by atoms with Crippen LogP contribution in [0.5, 0.6) is 11.5 Å². The largest absolute Gasteiger partial charge is 0.497 e. The van der Waals surface area contributed by atoms with Crippen molar-refractivity contribution in [3.8, 4) is 11.5 Å². The van der Waals surface area contributed by atoms with Gasteiger partial charge in [0.05, 0.1) is 13.2 Å². The summed E-state index contributed by atoms with van der Waals surface area (Å²) >= 11 is 0. The van der Waals surface area contributed by atoms with Crippen LogP contribution in [-0.4, -0.2) is 42.9 Å². The first-order valence-corrected chi connectivity index (χ1v) is 7.44. The van der Waals surface area contributed by atoms with Gasteiger partial charge in [-0.3, -0.25) is 4.90 Å². The predicted octanol–water partition coefficient (Wildman–Crippen LogP) is 2.61. The number of hydrogen-bond donors (Lipinski definition) is 1. The molecule has 20 heavy (non-hydrogen) atoms. The van der Waals surface area contributed by atoms with Crippen LogP contribution in [0, 0.1) is 0 Å². The fraction of sp³-hybridized carbons (Fsp3) is 0.625. The van der Waals surface area contributed by atoms with Gasteiger partial charge in [0.25, 0.3) is 0 Å². The number of aliphatic hydroxyl groups is 1. The van der Waals surface area contributed by atoms with Gasteiger partial charge in [0, 0.05) is 5.56 Å². The molecule has 1 N–H and O–H groups in total. The maximum Gasteiger partial charge on any atom is 0.124 e. The third-order valence-corrected chi connectivity index (χ3v) is 3.72. The van der Waals surface area contributed by atoms with Gasteiger partial charge in [-0.2, -0.15) is 0 Å². The first-order chi connectivity index (χ1) is 9.71. The highest BCUT2D eigenvalue weighted by atomic mass is 16.5. The lowest BCUT2D eigenvalue weighted by Gasteiger charge is -2.38. The Morgan fingerprint density at radius 3 is 2.60 bits per heavy atom. The van der Waals surface area contributed by atoms with Gasteiger partial charge in [-0.05, 0) is 44.1 Å². The molecule has 112 valence electrons. The zero-order chi connectivity index (χ0) is 14.5. The molecule has 4 nitrogen and oxygen atoms in total. The standard InChI is InChI=1S/C16H25NO3/c1-4-8-17(9-5-2)16-13-10-12(19-3)6-7-15(13)20-11-14(16)18/h6-7,10,14,16,18H,4-5,8-9,11H2,1-3H3. The van der Waals surface area contributed by atoms with Gasteiger partial charge in [0.1, 0.15) is 24.2 Å². The van der Waals surface area contributed by atoms with Crippen LogP contribution in [0.15, 0.2) is 18.2 Å². The lowest BCUT2D eigenvalue weighted by molar-refractivity contribution is -0.000322. The van der Waals surface area contributed by atoms with Crippen molar-refractivity contribution in [2.45, 2.75) is 38.8 Å². The van der Waals surface area contributed by atoms with E-state index in [1.54, 1.807) is 7.11 Å². The molecular weight excluding hydrogens is 254 g/mol. The molecule has 2 rings (SSSR count). The molecule has 0 bridgehead atoms. The summed E-state index contributed by atoms with van der Waals surface area (Å²) in [5.74, 6) is 1.66. The Morgan fingerprint density at radius 2 is 2.00 bits per heavy atom. The summed E-state index contributed by atoms with van der Waals surface area (Å²) in [5, 5.41) is 10.4. The Morgan fingerprint density at radius 1 is 1.30 bits per heavy atom. The molecular formula is C16H25NO3. The van der Waals surface area contributed by atoms with Crippen molar-refractivity contribution in [2.75, 3.05) is 26.8 Å². The Hall–Kier alpha value is -1.26. The summed E-state index contributed by atoms with van der Waals surface area (Å²) < 4.78 is 10.9. The molecule has 2 atom stereocenters. The van der Waals surface area contributed by atoms with Crippen molar-refractivity contribution in [1.29, 1.82) is 0 Å². The molecule has 2 unspecified atom stereocenters. The molecule has 1 heterocycles. The van der Waals surface area contributed by atoms with E-state index < -0.39 is 6.10 Å². The number of rotatable bonds is 6. The van der Waals surface area contributed by atoms with E-state index in [4.69, 9.17) is 9.47 Å². The quantitative estimate of drug-likeness (QED) is 0.869. The average molecular weight is 279 g/mol. The third-order valence-electron chi connectivity index (χ3n) is 3.72. The third kappa shape index (κ3) is 3.07. The molecule has 0 amide bonds. The average Bonchev–Trinajstić information content (AvgIpc) is 2.46. The summed E-state index contributed by atoms with van der Waals surface area (Å²) in [5.41, 5.74) is 1.03. The van der Waals surface area contributed by atoms with Crippen LogP contribution in [0.4, 0.5) is 0 Å². The van der Waals surface area contributed by atoms with Crippen LogP contribution in [0.25, 0.3) is 0 Å². The minimum Gasteiger partial charge on any atom is -0.497 e. The molecule has 0 aromatic heterocycles. The first kappa shape index (κ1) is 15.1. The number of ether oxygens (including phenoxy) is 2. The maximum atomic E-state index is 10.4. The number of nitrogens with zero attached hydrogens (tertiary/aromatic N) is 1. The zero-order valence-electron chi connectivity index (χ0n) is 12.6. The minimum absolute atomic E-state index is 0.00579. The molecule has 0 saturated heterocycles. The molecule has 1 aromatic carbocycles.